The Bertz CT molecular complexity index is 1070. The Hall–Kier alpha value is -3.09. The van der Waals surface area contributed by atoms with E-state index in [9.17, 15) is 9.90 Å². The van der Waals surface area contributed by atoms with Gasteiger partial charge in [-0.2, -0.15) is 0 Å². The Morgan fingerprint density at radius 1 is 1.15 bits per heavy atom. The highest BCUT2D eigenvalue weighted by Gasteiger charge is 2.26. The van der Waals surface area contributed by atoms with E-state index in [1.54, 1.807) is 23.6 Å². The molecule has 4 rings (SSSR count). The van der Waals surface area contributed by atoms with Gasteiger partial charge in [-0.05, 0) is 51.2 Å². The fourth-order valence-electron chi connectivity index (χ4n) is 3.79. The van der Waals surface area contributed by atoms with Gasteiger partial charge >= 0.3 is 0 Å². The maximum atomic E-state index is 12.1. The molecular formula is C19H21N5O2. The van der Waals surface area contributed by atoms with Crippen molar-refractivity contribution >= 4 is 22.9 Å². The van der Waals surface area contributed by atoms with Crippen LogP contribution in [0.5, 0.6) is 5.75 Å². The molecule has 7 heteroatoms. The monoisotopic (exact) mass is 351 g/mol. The lowest BCUT2D eigenvalue weighted by molar-refractivity contribution is 0.100. The molecular weight excluding hydrogens is 330 g/mol. The normalized spacial score (nSPS) is 13.8. The largest absolute Gasteiger partial charge is 0.508 e. The maximum Gasteiger partial charge on any atom is 0.254 e. The van der Waals surface area contributed by atoms with E-state index in [0.29, 0.717) is 22.4 Å². The average molecular weight is 351 g/mol. The topological polar surface area (TPSA) is 120 Å². The van der Waals surface area contributed by atoms with Gasteiger partial charge < -0.3 is 16.6 Å². The Labute approximate surface area is 150 Å². The smallest absolute Gasteiger partial charge is 0.254 e. The number of nitrogen functional groups attached to an aromatic ring is 1. The van der Waals surface area contributed by atoms with Gasteiger partial charge in [0.25, 0.3) is 5.91 Å². The molecule has 0 saturated carbocycles. The van der Waals surface area contributed by atoms with Crippen LogP contribution in [-0.2, 0) is 12.8 Å². The van der Waals surface area contributed by atoms with Crippen molar-refractivity contribution in [2.45, 2.75) is 39.5 Å². The van der Waals surface area contributed by atoms with Crippen LogP contribution in [0.15, 0.2) is 12.1 Å². The molecule has 1 amide bonds. The summed E-state index contributed by atoms with van der Waals surface area (Å²) in [6, 6.07) is 3.44. The number of benzene rings is 1. The summed E-state index contributed by atoms with van der Waals surface area (Å²) in [7, 11) is 0. The van der Waals surface area contributed by atoms with Gasteiger partial charge in [0, 0.05) is 5.56 Å². The van der Waals surface area contributed by atoms with Gasteiger partial charge in [0.05, 0.1) is 17.1 Å². The van der Waals surface area contributed by atoms with Crippen molar-refractivity contribution in [2.75, 3.05) is 5.73 Å². The van der Waals surface area contributed by atoms with Gasteiger partial charge in [-0.3, -0.25) is 9.36 Å². The summed E-state index contributed by atoms with van der Waals surface area (Å²) < 4.78 is 1.70. The van der Waals surface area contributed by atoms with Crippen molar-refractivity contribution in [3.8, 4) is 11.4 Å². The van der Waals surface area contributed by atoms with Gasteiger partial charge in [0.15, 0.2) is 5.65 Å². The lowest BCUT2D eigenvalue weighted by Crippen LogP contribution is -2.14. The van der Waals surface area contributed by atoms with Gasteiger partial charge in [-0.25, -0.2) is 9.97 Å². The Morgan fingerprint density at radius 3 is 2.46 bits per heavy atom. The first-order valence-corrected chi connectivity index (χ1v) is 8.69. The molecule has 26 heavy (non-hydrogen) atoms. The first kappa shape index (κ1) is 16.4. The number of aromatic nitrogens is 3. The Morgan fingerprint density at radius 2 is 1.81 bits per heavy atom. The first-order valence-electron chi connectivity index (χ1n) is 8.69. The van der Waals surface area contributed by atoms with Crippen LogP contribution >= 0.6 is 0 Å². The maximum absolute atomic E-state index is 12.1. The summed E-state index contributed by atoms with van der Waals surface area (Å²) in [5.41, 5.74) is 17.2. The molecule has 7 nitrogen and oxygen atoms in total. The van der Waals surface area contributed by atoms with Crippen molar-refractivity contribution in [1.29, 1.82) is 0 Å². The van der Waals surface area contributed by atoms with Crippen LogP contribution in [-0.4, -0.2) is 25.5 Å². The zero-order valence-corrected chi connectivity index (χ0v) is 14.8. The summed E-state index contributed by atoms with van der Waals surface area (Å²) in [5.74, 6) is -0.281. The minimum Gasteiger partial charge on any atom is -0.508 e. The van der Waals surface area contributed by atoms with Gasteiger partial charge in [-0.1, -0.05) is 6.07 Å². The number of nitrogens with two attached hydrogens (primary N) is 2. The molecule has 2 aromatic heterocycles. The highest BCUT2D eigenvalue weighted by molar-refractivity contribution is 6.09. The van der Waals surface area contributed by atoms with Crippen LogP contribution in [0.3, 0.4) is 0 Å². The summed E-state index contributed by atoms with van der Waals surface area (Å²) in [5, 5.41) is 10.2. The third kappa shape index (κ3) is 2.23. The van der Waals surface area contributed by atoms with Crippen molar-refractivity contribution in [1.82, 2.24) is 14.5 Å². The standard InChI is InChI=1S/C19H21N5O2/c1-9-7-8-13(25)10(2)16(9)24-17(20)14(18(21)26)15-19(24)23-12-6-4-3-5-11(12)22-15/h7-8,25H,3-6,20H2,1-2H3,(H2,21,26). The number of amides is 1. The predicted octanol–water partition coefficient (Wildman–Crippen LogP) is 2.30. The number of hydrogen-bond acceptors (Lipinski definition) is 5. The average Bonchev–Trinajstić information content (AvgIpc) is 2.88. The van der Waals surface area contributed by atoms with Gasteiger partial charge in [-0.15, -0.1) is 0 Å². The van der Waals surface area contributed by atoms with E-state index in [0.717, 1.165) is 42.6 Å². The van der Waals surface area contributed by atoms with Crippen LogP contribution in [0.1, 0.15) is 45.7 Å². The van der Waals surface area contributed by atoms with Crippen LogP contribution in [0.25, 0.3) is 16.9 Å². The fourth-order valence-corrected chi connectivity index (χ4v) is 3.79. The summed E-state index contributed by atoms with van der Waals surface area (Å²) in [4.78, 5) is 21.6. The number of phenolic OH excluding ortho intramolecular Hbond substituents is 1. The van der Waals surface area contributed by atoms with Crippen LogP contribution < -0.4 is 11.5 Å². The number of nitrogens with zero attached hydrogens (tertiary/aromatic N) is 3. The van der Waals surface area contributed by atoms with Crippen molar-refractivity contribution in [3.63, 3.8) is 0 Å². The number of aryl methyl sites for hydroxylation is 3. The number of carbonyl (C=O) groups is 1. The van der Waals surface area contributed by atoms with E-state index in [4.69, 9.17) is 21.4 Å². The molecule has 0 radical (unpaired) electrons. The molecule has 5 N–H and O–H groups in total. The number of carbonyl (C=O) groups excluding carboxylic acids is 1. The number of primary amides is 1. The summed E-state index contributed by atoms with van der Waals surface area (Å²) in [6.45, 7) is 3.72. The molecule has 1 aromatic carbocycles. The zero-order chi connectivity index (χ0) is 18.6. The van der Waals surface area contributed by atoms with Crippen LogP contribution in [0.2, 0.25) is 0 Å². The fraction of sp³-hybridized carbons (Fsp3) is 0.316. The van der Waals surface area contributed by atoms with E-state index >= 15 is 0 Å². The van der Waals surface area contributed by atoms with E-state index in [1.165, 1.54) is 0 Å². The minimum atomic E-state index is -0.633. The second kappa shape index (κ2) is 5.72. The lowest BCUT2D eigenvalue weighted by atomic mass is 10.0. The highest BCUT2D eigenvalue weighted by Crippen LogP contribution is 2.35. The second-order valence-corrected chi connectivity index (χ2v) is 6.83. The number of rotatable bonds is 2. The molecule has 0 saturated heterocycles. The SMILES string of the molecule is Cc1ccc(O)c(C)c1-n1c(N)c(C(N)=O)c2nc3c(nc21)CCCC3. The minimum absolute atomic E-state index is 0.151. The third-order valence-electron chi connectivity index (χ3n) is 5.13. The van der Waals surface area contributed by atoms with E-state index in [2.05, 4.69) is 0 Å². The molecule has 0 bridgehead atoms. The summed E-state index contributed by atoms with van der Waals surface area (Å²) >= 11 is 0. The Kier molecular flexibility index (Phi) is 3.61. The predicted molar refractivity (Wildman–Crippen MR) is 99.6 cm³/mol. The third-order valence-corrected chi connectivity index (χ3v) is 5.13. The Balaban J connectivity index is 2.15. The molecule has 0 fully saturated rings. The van der Waals surface area contributed by atoms with Crippen molar-refractivity contribution in [2.24, 2.45) is 5.73 Å². The number of hydrogen-bond donors (Lipinski definition) is 3. The molecule has 3 aromatic rings. The molecule has 2 heterocycles. The number of phenols is 1. The molecule has 0 atom stereocenters. The van der Waals surface area contributed by atoms with Crippen molar-refractivity contribution in [3.05, 3.63) is 40.2 Å². The van der Waals surface area contributed by atoms with E-state index in [-0.39, 0.29) is 17.1 Å². The lowest BCUT2D eigenvalue weighted by Gasteiger charge is -2.17. The van der Waals surface area contributed by atoms with Crippen molar-refractivity contribution < 1.29 is 9.90 Å². The number of aromatic hydroxyl groups is 1. The van der Waals surface area contributed by atoms with Crippen LogP contribution in [0, 0.1) is 13.8 Å². The first-order chi connectivity index (χ1) is 12.4. The molecule has 0 spiro atoms. The number of fused-ring (bicyclic) bond motifs is 2. The molecule has 0 unspecified atom stereocenters. The molecule has 1 aliphatic carbocycles. The number of anilines is 1. The van der Waals surface area contributed by atoms with E-state index in [1.807, 2.05) is 6.92 Å². The molecule has 1 aliphatic rings. The van der Waals surface area contributed by atoms with Gasteiger partial charge in [0.2, 0.25) is 0 Å². The van der Waals surface area contributed by atoms with E-state index < -0.39 is 5.91 Å². The zero-order valence-electron chi connectivity index (χ0n) is 14.8. The van der Waals surface area contributed by atoms with Crippen LogP contribution in [0.4, 0.5) is 5.82 Å². The second-order valence-electron chi connectivity index (χ2n) is 6.83. The quantitative estimate of drug-likeness (QED) is 0.654. The summed E-state index contributed by atoms with van der Waals surface area (Å²) in [6.07, 6.45) is 3.81. The molecule has 134 valence electrons. The highest BCUT2D eigenvalue weighted by atomic mass is 16.3. The molecule has 0 aliphatic heterocycles. The van der Waals surface area contributed by atoms with Gasteiger partial charge in [0.1, 0.15) is 22.6 Å².